The molecule has 2 aliphatic carbocycles. The predicted molar refractivity (Wildman–Crippen MR) is 116 cm³/mol. The lowest BCUT2D eigenvalue weighted by Crippen LogP contribution is -2.51. The Morgan fingerprint density at radius 3 is 2.25 bits per heavy atom. The summed E-state index contributed by atoms with van der Waals surface area (Å²) in [6.07, 6.45) is 5.17. The minimum absolute atomic E-state index is 0.122. The lowest BCUT2D eigenvalue weighted by Gasteiger charge is -2.24. The van der Waals surface area contributed by atoms with Crippen molar-refractivity contribution in [3.8, 4) is 0 Å². The molecule has 3 N–H and O–H groups in total. The van der Waals surface area contributed by atoms with Gasteiger partial charge in [-0.25, -0.2) is 0 Å². The Balaban J connectivity index is 1.25. The number of nitrogens with zero attached hydrogens (tertiary/aromatic N) is 1. The van der Waals surface area contributed by atoms with E-state index < -0.39 is 0 Å². The van der Waals surface area contributed by atoms with Gasteiger partial charge in [0.25, 0.3) is 5.91 Å². The lowest BCUT2D eigenvalue weighted by atomic mass is 9.96. The molecule has 6 heteroatoms. The molecule has 2 bridgehead atoms. The molecule has 2 aliphatic rings. The third-order valence-electron chi connectivity index (χ3n) is 6.35. The van der Waals surface area contributed by atoms with Gasteiger partial charge >= 0.3 is 0 Å². The Hall–Kier alpha value is -2.60. The molecule has 0 saturated heterocycles. The lowest BCUT2D eigenvalue weighted by molar-refractivity contribution is -0.122. The fourth-order valence-electron chi connectivity index (χ4n) is 5.11. The minimum atomic E-state index is -0.122. The smallest absolute Gasteiger partial charge is 0.258 e. The molecule has 28 heavy (non-hydrogen) atoms. The zero-order chi connectivity index (χ0) is 19.1. The van der Waals surface area contributed by atoms with Crippen LogP contribution in [0.15, 0.2) is 48.5 Å². The highest BCUT2D eigenvalue weighted by Gasteiger charge is 2.39. The first-order valence-corrected chi connectivity index (χ1v) is 10.4. The second-order valence-corrected chi connectivity index (χ2v) is 8.46. The number of hydrogen-bond donors (Lipinski definition) is 3. The van der Waals surface area contributed by atoms with E-state index >= 15 is 0 Å². The first-order chi connectivity index (χ1) is 13.7. The molecule has 0 aliphatic heterocycles. The van der Waals surface area contributed by atoms with Crippen LogP contribution >= 0.6 is 12.2 Å². The van der Waals surface area contributed by atoms with Gasteiger partial charge in [-0.05, 0) is 55.4 Å². The van der Waals surface area contributed by atoms with Crippen LogP contribution in [-0.2, 0) is 11.3 Å². The Bertz CT molecular complexity index is 1010. The molecule has 3 atom stereocenters. The van der Waals surface area contributed by atoms with Crippen molar-refractivity contribution in [1.29, 1.82) is 0 Å². The molecule has 1 aromatic heterocycles. The number of hydrogen-bond acceptors (Lipinski definition) is 2. The van der Waals surface area contributed by atoms with Crippen molar-refractivity contribution in [1.82, 2.24) is 20.7 Å². The van der Waals surface area contributed by atoms with Gasteiger partial charge < -0.3 is 9.88 Å². The molecular formula is C22H24N4OS. The largest absolute Gasteiger partial charge is 0.358 e. The molecule has 2 saturated carbocycles. The van der Waals surface area contributed by atoms with Gasteiger partial charge in [-0.1, -0.05) is 42.8 Å². The standard InChI is InChI=1S/C22H24N4OS/c27-21(24-25-22(28)23-18-12-14-9-10-15(18)11-14)13-26-19-7-3-1-5-16(19)17-6-2-4-8-20(17)26/h1-8,14-15,18H,9-13H2,(H,24,27)(H2,23,25,28). The molecule has 5 nitrogen and oxygen atoms in total. The van der Waals surface area contributed by atoms with Crippen LogP contribution in [0.4, 0.5) is 0 Å². The number of carbonyl (C=O) groups excluding carboxylic acids is 1. The van der Waals surface area contributed by atoms with Gasteiger partial charge in [0, 0.05) is 27.8 Å². The first kappa shape index (κ1) is 17.5. The molecule has 3 unspecified atom stereocenters. The van der Waals surface area contributed by atoms with Crippen LogP contribution in [0.2, 0.25) is 0 Å². The summed E-state index contributed by atoms with van der Waals surface area (Å²) in [5, 5.41) is 6.21. The van der Waals surface area contributed by atoms with Crippen LogP contribution in [0.25, 0.3) is 21.8 Å². The number of benzene rings is 2. The van der Waals surface area contributed by atoms with Crippen molar-refractivity contribution < 1.29 is 4.79 Å². The Morgan fingerprint density at radius 1 is 0.964 bits per heavy atom. The van der Waals surface area contributed by atoms with Crippen LogP contribution < -0.4 is 16.2 Å². The van der Waals surface area contributed by atoms with Gasteiger partial charge in [-0.2, -0.15) is 0 Å². The van der Waals surface area contributed by atoms with E-state index in [9.17, 15) is 4.79 Å². The molecule has 1 amide bonds. The summed E-state index contributed by atoms with van der Waals surface area (Å²) in [6, 6.07) is 16.8. The van der Waals surface area contributed by atoms with E-state index in [2.05, 4.69) is 40.4 Å². The van der Waals surface area contributed by atoms with Crippen molar-refractivity contribution in [2.24, 2.45) is 11.8 Å². The normalized spacial score (nSPS) is 23.2. The highest BCUT2D eigenvalue weighted by Crippen LogP contribution is 2.44. The predicted octanol–water partition coefficient (Wildman–Crippen LogP) is 3.48. The number of thiocarbonyl (C=S) groups is 1. The second-order valence-electron chi connectivity index (χ2n) is 8.05. The van der Waals surface area contributed by atoms with E-state index in [0.717, 1.165) is 33.6 Å². The van der Waals surface area contributed by atoms with Crippen LogP contribution in [-0.4, -0.2) is 21.6 Å². The Kier molecular flexibility index (Phi) is 4.43. The number of fused-ring (bicyclic) bond motifs is 5. The van der Waals surface area contributed by atoms with Gasteiger partial charge in [0.15, 0.2) is 5.11 Å². The second kappa shape index (κ2) is 7.09. The van der Waals surface area contributed by atoms with E-state index in [1.165, 1.54) is 25.7 Å². The molecular weight excluding hydrogens is 368 g/mol. The minimum Gasteiger partial charge on any atom is -0.358 e. The van der Waals surface area contributed by atoms with Crippen LogP contribution in [0.1, 0.15) is 25.7 Å². The Labute approximate surface area is 169 Å². The highest BCUT2D eigenvalue weighted by atomic mass is 32.1. The first-order valence-electron chi connectivity index (χ1n) is 10.0. The van der Waals surface area contributed by atoms with Crippen molar-refractivity contribution >= 4 is 45.0 Å². The maximum absolute atomic E-state index is 12.6. The maximum Gasteiger partial charge on any atom is 0.258 e. The maximum atomic E-state index is 12.6. The quantitative estimate of drug-likeness (QED) is 0.472. The molecule has 2 fully saturated rings. The number of para-hydroxylation sites is 2. The van der Waals surface area contributed by atoms with Gasteiger partial charge in [0.05, 0.1) is 0 Å². The summed E-state index contributed by atoms with van der Waals surface area (Å²) >= 11 is 5.38. The number of rotatable bonds is 3. The third-order valence-corrected chi connectivity index (χ3v) is 6.57. The van der Waals surface area contributed by atoms with E-state index in [0.29, 0.717) is 11.2 Å². The SMILES string of the molecule is O=C(Cn1c2ccccc2c2ccccc21)NNC(=S)NC1CC2CCC1C2. The number of hydrazine groups is 1. The summed E-state index contributed by atoms with van der Waals surface area (Å²) in [6.45, 7) is 0.234. The molecule has 0 spiro atoms. The number of aromatic nitrogens is 1. The van der Waals surface area contributed by atoms with E-state index in [4.69, 9.17) is 12.2 Å². The van der Waals surface area contributed by atoms with Gasteiger partial charge in [-0.15, -0.1) is 0 Å². The van der Waals surface area contributed by atoms with Crippen molar-refractivity contribution in [3.05, 3.63) is 48.5 Å². The molecule has 3 aromatic rings. The fraction of sp³-hybridized carbons (Fsp3) is 0.364. The van der Waals surface area contributed by atoms with Crippen molar-refractivity contribution in [3.63, 3.8) is 0 Å². The summed E-state index contributed by atoms with van der Waals surface area (Å²) in [7, 11) is 0. The molecule has 2 aromatic carbocycles. The van der Waals surface area contributed by atoms with E-state index in [-0.39, 0.29) is 12.5 Å². The number of nitrogens with one attached hydrogen (secondary N) is 3. The fourth-order valence-corrected chi connectivity index (χ4v) is 5.31. The number of carbonyl (C=O) groups is 1. The van der Waals surface area contributed by atoms with E-state index in [1.54, 1.807) is 0 Å². The van der Waals surface area contributed by atoms with Gasteiger partial charge in [-0.3, -0.25) is 15.6 Å². The van der Waals surface area contributed by atoms with Crippen LogP contribution in [0, 0.1) is 11.8 Å². The molecule has 1 heterocycles. The monoisotopic (exact) mass is 392 g/mol. The van der Waals surface area contributed by atoms with E-state index in [1.807, 2.05) is 28.8 Å². The van der Waals surface area contributed by atoms with Crippen molar-refractivity contribution in [2.45, 2.75) is 38.3 Å². The average Bonchev–Trinajstić information content (AvgIpc) is 3.41. The molecule has 144 valence electrons. The van der Waals surface area contributed by atoms with Gasteiger partial charge in [0.1, 0.15) is 6.54 Å². The third kappa shape index (κ3) is 3.11. The molecule has 5 rings (SSSR count). The Morgan fingerprint density at radius 2 is 1.64 bits per heavy atom. The highest BCUT2D eigenvalue weighted by molar-refractivity contribution is 7.80. The summed E-state index contributed by atoms with van der Waals surface area (Å²) in [5.41, 5.74) is 7.75. The average molecular weight is 393 g/mol. The topological polar surface area (TPSA) is 58.1 Å². The van der Waals surface area contributed by atoms with Crippen LogP contribution in [0.5, 0.6) is 0 Å². The summed E-state index contributed by atoms with van der Waals surface area (Å²) in [4.78, 5) is 12.6. The number of amides is 1. The molecule has 0 radical (unpaired) electrons. The summed E-state index contributed by atoms with van der Waals surface area (Å²) < 4.78 is 2.05. The van der Waals surface area contributed by atoms with Crippen molar-refractivity contribution in [2.75, 3.05) is 0 Å². The van der Waals surface area contributed by atoms with Gasteiger partial charge in [0.2, 0.25) is 0 Å². The van der Waals surface area contributed by atoms with Crippen LogP contribution in [0.3, 0.4) is 0 Å². The zero-order valence-corrected chi connectivity index (χ0v) is 16.5. The zero-order valence-electron chi connectivity index (χ0n) is 15.7. The summed E-state index contributed by atoms with van der Waals surface area (Å²) in [5.74, 6) is 1.47.